The Morgan fingerprint density at radius 1 is 0.654 bits per heavy atom. The Bertz CT molecular complexity index is 937. The summed E-state index contributed by atoms with van der Waals surface area (Å²) in [7, 11) is 0. The molecule has 0 aliphatic rings. The number of unbranched alkanes of at least 4 members (excludes halogenated alkanes) is 5. The molecule has 0 saturated carbocycles. The third kappa shape index (κ3) is 4.02. The highest BCUT2D eigenvalue weighted by atomic mass is 32.1. The summed E-state index contributed by atoms with van der Waals surface area (Å²) in [4.78, 5) is 4.38. The van der Waals surface area contributed by atoms with Crippen LogP contribution in [0.4, 0.5) is 0 Å². The van der Waals surface area contributed by atoms with Crippen LogP contribution in [0.3, 0.4) is 0 Å². The second kappa shape index (κ2) is 8.37. The molecule has 0 saturated heterocycles. The first-order valence-electron chi connectivity index (χ1n) is 9.85. The Morgan fingerprint density at radius 2 is 1.42 bits per heavy atom. The van der Waals surface area contributed by atoms with E-state index >= 15 is 0 Å². The van der Waals surface area contributed by atoms with Crippen molar-refractivity contribution >= 4 is 43.5 Å². The van der Waals surface area contributed by atoms with E-state index in [1.165, 1.54) is 80.4 Å². The molecule has 0 spiro atoms. The molecule has 0 bridgehead atoms. The molecule has 0 fully saturated rings. The second-order valence-corrected chi connectivity index (χ2v) is 9.38. The number of rotatable bonds is 8. The third-order valence-electron chi connectivity index (χ3n) is 5.07. The minimum atomic E-state index is 1.24. The predicted octanol–water partition coefficient (Wildman–Crippen LogP) is 8.69. The highest BCUT2D eigenvalue weighted by Gasteiger charge is 2.08. The lowest BCUT2D eigenvalue weighted by Gasteiger charge is -1.99. The molecule has 134 valence electrons. The molecular formula is C24H26S2. The third-order valence-corrected chi connectivity index (χ3v) is 7.50. The van der Waals surface area contributed by atoms with Crippen molar-refractivity contribution in [2.75, 3.05) is 0 Å². The van der Waals surface area contributed by atoms with Crippen LogP contribution >= 0.6 is 22.7 Å². The molecule has 4 rings (SSSR count). The normalized spacial score (nSPS) is 11.6. The van der Waals surface area contributed by atoms with Crippen LogP contribution in [0.15, 0.2) is 54.6 Å². The first kappa shape index (κ1) is 17.8. The number of hydrogen-bond acceptors (Lipinski definition) is 2. The van der Waals surface area contributed by atoms with E-state index in [1.54, 1.807) is 0 Å². The van der Waals surface area contributed by atoms with Crippen LogP contribution in [0.1, 0.15) is 50.3 Å². The van der Waals surface area contributed by atoms with E-state index < -0.39 is 0 Å². The largest absolute Gasteiger partial charge is 0.139 e. The Morgan fingerprint density at radius 3 is 2.27 bits per heavy atom. The molecule has 0 nitrogen and oxygen atoms in total. The van der Waals surface area contributed by atoms with E-state index in [1.807, 2.05) is 22.7 Å². The van der Waals surface area contributed by atoms with Crippen LogP contribution in [0.25, 0.3) is 30.6 Å². The van der Waals surface area contributed by atoms with Gasteiger partial charge >= 0.3 is 0 Å². The van der Waals surface area contributed by atoms with Crippen molar-refractivity contribution in [2.45, 2.75) is 51.9 Å². The van der Waals surface area contributed by atoms with Gasteiger partial charge in [0.05, 0.1) is 0 Å². The van der Waals surface area contributed by atoms with Crippen LogP contribution in [0.2, 0.25) is 0 Å². The molecule has 0 amide bonds. The van der Waals surface area contributed by atoms with E-state index in [9.17, 15) is 0 Å². The molecular weight excluding hydrogens is 352 g/mol. The molecule has 0 aliphatic heterocycles. The van der Waals surface area contributed by atoms with Crippen molar-refractivity contribution in [3.8, 4) is 9.75 Å². The lowest BCUT2D eigenvalue weighted by atomic mass is 10.1. The van der Waals surface area contributed by atoms with Crippen LogP contribution in [0.5, 0.6) is 0 Å². The SMILES string of the molecule is CCCCCCCCc1ccc(-c2cc3cc4ccccc4cc3s2)s1. The van der Waals surface area contributed by atoms with Gasteiger partial charge in [0, 0.05) is 19.3 Å². The first-order chi connectivity index (χ1) is 12.8. The number of hydrogen-bond donors (Lipinski definition) is 0. The number of benzene rings is 2. The van der Waals surface area contributed by atoms with Crippen molar-refractivity contribution in [1.29, 1.82) is 0 Å². The Kier molecular flexibility index (Phi) is 5.72. The molecule has 4 aromatic rings. The Labute approximate surface area is 164 Å². The molecule has 26 heavy (non-hydrogen) atoms. The standard InChI is InChI=1S/C24H26S2/c1-2-3-4-5-6-7-12-21-13-14-22(25-21)24-17-20-15-18-10-8-9-11-19(18)16-23(20)26-24/h8-11,13-17H,2-7,12H2,1H3. The van der Waals surface area contributed by atoms with Gasteiger partial charge in [0.25, 0.3) is 0 Å². The van der Waals surface area contributed by atoms with Crippen molar-refractivity contribution < 1.29 is 0 Å². The maximum Gasteiger partial charge on any atom is 0.0455 e. The summed E-state index contributed by atoms with van der Waals surface area (Å²) in [5.41, 5.74) is 0. The Hall–Kier alpha value is -1.64. The monoisotopic (exact) mass is 378 g/mol. The fraction of sp³-hybridized carbons (Fsp3) is 0.333. The van der Waals surface area contributed by atoms with Gasteiger partial charge in [0.2, 0.25) is 0 Å². The quantitative estimate of drug-likeness (QED) is 0.269. The zero-order chi connectivity index (χ0) is 17.8. The van der Waals surface area contributed by atoms with E-state index in [0.717, 1.165) is 0 Å². The average molecular weight is 379 g/mol. The topological polar surface area (TPSA) is 0 Å². The van der Waals surface area contributed by atoms with Gasteiger partial charge in [-0.3, -0.25) is 0 Å². The predicted molar refractivity (Wildman–Crippen MR) is 120 cm³/mol. The molecule has 2 heteroatoms. The van der Waals surface area contributed by atoms with Crippen LogP contribution in [-0.2, 0) is 6.42 Å². The van der Waals surface area contributed by atoms with E-state index in [0.29, 0.717) is 0 Å². The molecule has 0 unspecified atom stereocenters. The highest BCUT2D eigenvalue weighted by Crippen LogP contribution is 2.39. The van der Waals surface area contributed by atoms with Gasteiger partial charge in [-0.25, -0.2) is 0 Å². The zero-order valence-electron chi connectivity index (χ0n) is 15.5. The van der Waals surface area contributed by atoms with Gasteiger partial charge in [-0.1, -0.05) is 63.3 Å². The highest BCUT2D eigenvalue weighted by molar-refractivity contribution is 7.26. The van der Waals surface area contributed by atoms with Gasteiger partial charge in [-0.15, -0.1) is 22.7 Å². The van der Waals surface area contributed by atoms with Gasteiger partial charge in [-0.05, 0) is 59.3 Å². The van der Waals surface area contributed by atoms with Gasteiger partial charge in [0.1, 0.15) is 0 Å². The van der Waals surface area contributed by atoms with Gasteiger partial charge in [-0.2, -0.15) is 0 Å². The molecule has 2 heterocycles. The summed E-state index contributed by atoms with van der Waals surface area (Å²) >= 11 is 3.91. The average Bonchev–Trinajstić information content (AvgIpc) is 3.29. The Balaban J connectivity index is 1.46. The molecule has 2 aromatic carbocycles. The minimum absolute atomic E-state index is 1.24. The number of thiophene rings is 2. The van der Waals surface area contributed by atoms with Crippen LogP contribution < -0.4 is 0 Å². The fourth-order valence-corrected chi connectivity index (χ4v) is 5.80. The fourth-order valence-electron chi connectivity index (χ4n) is 3.57. The molecule has 2 aromatic heterocycles. The van der Waals surface area contributed by atoms with Crippen molar-refractivity contribution in [2.24, 2.45) is 0 Å². The lowest BCUT2D eigenvalue weighted by molar-refractivity contribution is 0.609. The number of aryl methyl sites for hydroxylation is 1. The molecule has 0 aliphatic carbocycles. The molecule has 0 N–H and O–H groups in total. The minimum Gasteiger partial charge on any atom is -0.139 e. The summed E-state index contributed by atoms with van der Waals surface area (Å²) in [5, 5.41) is 4.04. The molecule has 0 radical (unpaired) electrons. The van der Waals surface area contributed by atoms with E-state index in [2.05, 4.69) is 61.5 Å². The summed E-state index contributed by atoms with van der Waals surface area (Å²) in [5.74, 6) is 0. The summed E-state index contributed by atoms with van der Waals surface area (Å²) in [6.07, 6.45) is 9.48. The zero-order valence-corrected chi connectivity index (χ0v) is 17.1. The van der Waals surface area contributed by atoms with Crippen molar-refractivity contribution in [3.05, 3.63) is 59.5 Å². The van der Waals surface area contributed by atoms with Crippen LogP contribution in [-0.4, -0.2) is 0 Å². The molecule has 0 atom stereocenters. The second-order valence-electron chi connectivity index (χ2n) is 7.13. The lowest BCUT2D eigenvalue weighted by Crippen LogP contribution is -1.82. The smallest absolute Gasteiger partial charge is 0.0455 e. The van der Waals surface area contributed by atoms with E-state index in [-0.39, 0.29) is 0 Å². The first-order valence-corrected chi connectivity index (χ1v) is 11.5. The summed E-state index contributed by atoms with van der Waals surface area (Å²) in [6.45, 7) is 2.28. The van der Waals surface area contributed by atoms with E-state index in [4.69, 9.17) is 0 Å². The maximum absolute atomic E-state index is 2.37. The van der Waals surface area contributed by atoms with Gasteiger partial charge < -0.3 is 0 Å². The van der Waals surface area contributed by atoms with Crippen LogP contribution in [0, 0.1) is 0 Å². The maximum atomic E-state index is 2.37. The summed E-state index contributed by atoms with van der Waals surface area (Å²) in [6, 6.07) is 20.3. The summed E-state index contributed by atoms with van der Waals surface area (Å²) < 4.78 is 1.39. The van der Waals surface area contributed by atoms with Crippen molar-refractivity contribution in [1.82, 2.24) is 0 Å². The van der Waals surface area contributed by atoms with Crippen molar-refractivity contribution in [3.63, 3.8) is 0 Å². The number of fused-ring (bicyclic) bond motifs is 2. The van der Waals surface area contributed by atoms with Gasteiger partial charge in [0.15, 0.2) is 0 Å².